The monoisotopic (exact) mass is 259 g/mol. The lowest BCUT2D eigenvalue weighted by atomic mass is 10.1. The van der Waals surface area contributed by atoms with Crippen LogP contribution in [0.1, 0.15) is 40.5 Å². The zero-order valence-corrected chi connectivity index (χ0v) is 12.3. The van der Waals surface area contributed by atoms with E-state index < -0.39 is 0 Å². The van der Waals surface area contributed by atoms with Gasteiger partial charge in [0.25, 0.3) is 0 Å². The summed E-state index contributed by atoms with van der Waals surface area (Å²) in [7, 11) is 0. The van der Waals surface area contributed by atoms with Crippen molar-refractivity contribution < 1.29 is 14.2 Å². The van der Waals surface area contributed by atoms with Crippen LogP contribution < -0.4 is 5.32 Å². The van der Waals surface area contributed by atoms with Gasteiger partial charge in [-0.25, -0.2) is 0 Å². The third kappa shape index (κ3) is 6.69. The molecule has 2 atom stereocenters. The van der Waals surface area contributed by atoms with Gasteiger partial charge in [-0.15, -0.1) is 0 Å². The van der Waals surface area contributed by atoms with Crippen molar-refractivity contribution in [3.63, 3.8) is 0 Å². The lowest BCUT2D eigenvalue weighted by molar-refractivity contribution is -0.0967. The number of rotatable bonds is 7. The Morgan fingerprint density at radius 3 is 2.72 bits per heavy atom. The molecule has 1 aliphatic heterocycles. The van der Waals surface area contributed by atoms with E-state index >= 15 is 0 Å². The van der Waals surface area contributed by atoms with Crippen molar-refractivity contribution in [2.24, 2.45) is 0 Å². The molecule has 18 heavy (non-hydrogen) atoms. The second-order valence-corrected chi connectivity index (χ2v) is 5.79. The fourth-order valence-electron chi connectivity index (χ4n) is 1.99. The molecule has 0 amide bonds. The van der Waals surface area contributed by atoms with E-state index in [0.717, 1.165) is 26.0 Å². The summed E-state index contributed by atoms with van der Waals surface area (Å²) >= 11 is 0. The minimum absolute atomic E-state index is 0.0910. The minimum atomic E-state index is -0.0910. The Kier molecular flexibility index (Phi) is 7.15. The molecule has 4 heteroatoms. The van der Waals surface area contributed by atoms with Gasteiger partial charge in [-0.05, 0) is 40.2 Å². The summed E-state index contributed by atoms with van der Waals surface area (Å²) in [5.41, 5.74) is -0.0910. The fourth-order valence-corrected chi connectivity index (χ4v) is 1.99. The summed E-state index contributed by atoms with van der Waals surface area (Å²) in [5, 5.41) is 3.53. The molecule has 1 N–H and O–H groups in total. The highest BCUT2D eigenvalue weighted by molar-refractivity contribution is 4.80. The largest absolute Gasteiger partial charge is 0.379 e. The summed E-state index contributed by atoms with van der Waals surface area (Å²) in [6.07, 6.45) is 2.34. The molecule has 0 bridgehead atoms. The highest BCUT2D eigenvalue weighted by Crippen LogP contribution is 2.12. The standard InChI is InChI=1S/C14H29NO3/c1-5-7-15-12-6-8-16-11-13(12)17-9-10-18-14(2,3)4/h12-13,15H,5-11H2,1-4H3. The van der Waals surface area contributed by atoms with Crippen LogP contribution in [-0.2, 0) is 14.2 Å². The van der Waals surface area contributed by atoms with Gasteiger partial charge in [-0.2, -0.15) is 0 Å². The predicted molar refractivity (Wildman–Crippen MR) is 73.0 cm³/mol. The molecule has 2 unspecified atom stereocenters. The van der Waals surface area contributed by atoms with Gasteiger partial charge in [0.05, 0.1) is 31.5 Å². The van der Waals surface area contributed by atoms with Crippen LogP contribution in [0.4, 0.5) is 0 Å². The van der Waals surface area contributed by atoms with Crippen LogP contribution in [0, 0.1) is 0 Å². The van der Waals surface area contributed by atoms with E-state index in [1.54, 1.807) is 0 Å². The molecule has 1 saturated heterocycles. The number of nitrogens with one attached hydrogen (secondary N) is 1. The second kappa shape index (κ2) is 8.10. The van der Waals surface area contributed by atoms with Gasteiger partial charge in [-0.3, -0.25) is 0 Å². The second-order valence-electron chi connectivity index (χ2n) is 5.79. The Balaban J connectivity index is 2.20. The highest BCUT2D eigenvalue weighted by Gasteiger charge is 2.25. The number of ether oxygens (including phenoxy) is 3. The van der Waals surface area contributed by atoms with Crippen molar-refractivity contribution in [2.45, 2.75) is 58.3 Å². The smallest absolute Gasteiger partial charge is 0.0962 e. The molecular weight excluding hydrogens is 230 g/mol. The van der Waals surface area contributed by atoms with Crippen LogP contribution in [0.2, 0.25) is 0 Å². The Hall–Kier alpha value is -0.160. The van der Waals surface area contributed by atoms with Gasteiger partial charge < -0.3 is 19.5 Å². The topological polar surface area (TPSA) is 39.7 Å². The number of hydrogen-bond donors (Lipinski definition) is 1. The van der Waals surface area contributed by atoms with E-state index in [-0.39, 0.29) is 11.7 Å². The van der Waals surface area contributed by atoms with Crippen LogP contribution in [0.15, 0.2) is 0 Å². The third-order valence-corrected chi connectivity index (χ3v) is 2.91. The maximum absolute atomic E-state index is 5.88. The van der Waals surface area contributed by atoms with Crippen molar-refractivity contribution in [1.29, 1.82) is 0 Å². The first kappa shape index (κ1) is 15.9. The third-order valence-electron chi connectivity index (χ3n) is 2.91. The lowest BCUT2D eigenvalue weighted by Gasteiger charge is -2.32. The van der Waals surface area contributed by atoms with Crippen molar-refractivity contribution in [1.82, 2.24) is 5.32 Å². The maximum Gasteiger partial charge on any atom is 0.0962 e. The average molecular weight is 259 g/mol. The fraction of sp³-hybridized carbons (Fsp3) is 1.00. The molecule has 0 saturated carbocycles. The van der Waals surface area contributed by atoms with Gasteiger partial charge in [0.2, 0.25) is 0 Å². The summed E-state index contributed by atoms with van der Waals surface area (Å²) in [5.74, 6) is 0. The van der Waals surface area contributed by atoms with Gasteiger partial charge in [-0.1, -0.05) is 6.92 Å². The van der Waals surface area contributed by atoms with E-state index in [4.69, 9.17) is 14.2 Å². The normalized spacial score (nSPS) is 25.3. The van der Waals surface area contributed by atoms with Gasteiger partial charge in [0, 0.05) is 12.6 Å². The van der Waals surface area contributed by atoms with E-state index in [1.807, 2.05) is 0 Å². The molecule has 0 spiro atoms. The summed E-state index contributed by atoms with van der Waals surface area (Å²) < 4.78 is 17.0. The molecule has 0 aliphatic carbocycles. The molecule has 0 aromatic rings. The summed E-state index contributed by atoms with van der Waals surface area (Å²) in [6.45, 7) is 12.2. The molecule has 1 heterocycles. The van der Waals surface area contributed by atoms with Crippen molar-refractivity contribution in [2.75, 3.05) is 33.0 Å². The van der Waals surface area contributed by atoms with E-state index in [9.17, 15) is 0 Å². The zero-order chi connectivity index (χ0) is 13.4. The van der Waals surface area contributed by atoms with Crippen LogP contribution in [0.25, 0.3) is 0 Å². The van der Waals surface area contributed by atoms with E-state index in [1.165, 1.54) is 0 Å². The number of hydrogen-bond acceptors (Lipinski definition) is 4. The highest BCUT2D eigenvalue weighted by atomic mass is 16.6. The van der Waals surface area contributed by atoms with Crippen molar-refractivity contribution in [3.8, 4) is 0 Å². The lowest BCUT2D eigenvalue weighted by Crippen LogP contribution is -2.48. The van der Waals surface area contributed by atoms with Gasteiger partial charge in [0.1, 0.15) is 0 Å². The molecular formula is C14H29NO3. The molecule has 0 aromatic carbocycles. The Morgan fingerprint density at radius 1 is 1.28 bits per heavy atom. The average Bonchev–Trinajstić information content (AvgIpc) is 2.32. The molecule has 108 valence electrons. The Labute approximate surface area is 111 Å². The van der Waals surface area contributed by atoms with Crippen molar-refractivity contribution >= 4 is 0 Å². The van der Waals surface area contributed by atoms with E-state index in [2.05, 4.69) is 33.0 Å². The molecule has 1 fully saturated rings. The van der Waals surface area contributed by atoms with Crippen LogP contribution in [0.5, 0.6) is 0 Å². The molecule has 1 aliphatic rings. The first-order valence-electron chi connectivity index (χ1n) is 7.09. The summed E-state index contributed by atoms with van der Waals surface area (Å²) in [4.78, 5) is 0. The minimum Gasteiger partial charge on any atom is -0.379 e. The summed E-state index contributed by atoms with van der Waals surface area (Å²) in [6, 6.07) is 0.424. The molecule has 0 radical (unpaired) electrons. The molecule has 1 rings (SSSR count). The molecule has 0 aromatic heterocycles. The van der Waals surface area contributed by atoms with E-state index in [0.29, 0.717) is 25.9 Å². The van der Waals surface area contributed by atoms with Gasteiger partial charge >= 0.3 is 0 Å². The first-order chi connectivity index (χ1) is 8.53. The van der Waals surface area contributed by atoms with Crippen LogP contribution in [0.3, 0.4) is 0 Å². The van der Waals surface area contributed by atoms with Gasteiger partial charge in [0.15, 0.2) is 0 Å². The zero-order valence-electron chi connectivity index (χ0n) is 12.3. The Bertz CT molecular complexity index is 216. The van der Waals surface area contributed by atoms with Crippen molar-refractivity contribution in [3.05, 3.63) is 0 Å². The Morgan fingerprint density at radius 2 is 2.06 bits per heavy atom. The van der Waals surface area contributed by atoms with Crippen LogP contribution in [-0.4, -0.2) is 50.7 Å². The SMILES string of the molecule is CCCNC1CCOCC1OCCOC(C)(C)C. The molecule has 4 nitrogen and oxygen atoms in total. The maximum atomic E-state index is 5.88. The first-order valence-corrected chi connectivity index (χ1v) is 7.09. The van der Waals surface area contributed by atoms with Crippen LogP contribution >= 0.6 is 0 Å². The predicted octanol–water partition coefficient (Wildman–Crippen LogP) is 1.98. The quantitative estimate of drug-likeness (QED) is 0.710.